The fourth-order valence-corrected chi connectivity index (χ4v) is 1.55. The first-order chi connectivity index (χ1) is 9.93. The maximum absolute atomic E-state index is 11.7. The van der Waals surface area contributed by atoms with Crippen molar-refractivity contribution in [1.82, 2.24) is 0 Å². The van der Waals surface area contributed by atoms with Crippen molar-refractivity contribution >= 4 is 23.5 Å². The number of carbonyl (C=O) groups is 3. The van der Waals surface area contributed by atoms with E-state index in [1.807, 2.05) is 0 Å². The highest BCUT2D eigenvalue weighted by atomic mass is 16.5. The minimum absolute atomic E-state index is 0.0576. The van der Waals surface area contributed by atoms with Crippen molar-refractivity contribution in [2.24, 2.45) is 5.73 Å². The second-order valence-corrected chi connectivity index (χ2v) is 4.33. The molecule has 7 nitrogen and oxygen atoms in total. The van der Waals surface area contributed by atoms with Gasteiger partial charge in [-0.25, -0.2) is 4.79 Å². The Morgan fingerprint density at radius 1 is 1.29 bits per heavy atom. The number of rotatable bonds is 7. The summed E-state index contributed by atoms with van der Waals surface area (Å²) in [4.78, 5) is 33.6. The summed E-state index contributed by atoms with van der Waals surface area (Å²) in [6.07, 6.45) is -0.113. The fraction of sp³-hybridized carbons (Fsp3) is 0.357. The zero-order valence-corrected chi connectivity index (χ0v) is 11.7. The van der Waals surface area contributed by atoms with E-state index < -0.39 is 23.9 Å². The van der Waals surface area contributed by atoms with Crippen LogP contribution in [-0.2, 0) is 14.3 Å². The monoisotopic (exact) mass is 294 g/mol. The third kappa shape index (κ3) is 5.62. The van der Waals surface area contributed by atoms with Crippen LogP contribution in [0.25, 0.3) is 0 Å². The molecule has 1 unspecified atom stereocenters. The van der Waals surface area contributed by atoms with Gasteiger partial charge in [-0.05, 0) is 37.6 Å². The minimum atomic E-state index is -1.00. The lowest BCUT2D eigenvalue weighted by Crippen LogP contribution is -2.36. The second kappa shape index (κ2) is 8.01. The Kier molecular flexibility index (Phi) is 6.35. The number of nitrogens with two attached hydrogens (primary N) is 1. The molecule has 0 aliphatic rings. The third-order valence-corrected chi connectivity index (χ3v) is 2.67. The highest BCUT2D eigenvalue weighted by molar-refractivity contribution is 5.95. The molecule has 1 aromatic carbocycles. The summed E-state index contributed by atoms with van der Waals surface area (Å²) in [5.74, 6) is -1.91. The maximum Gasteiger partial charge on any atom is 0.338 e. The standard InChI is InChI=1S/C14H18N2O5/c1-2-21-14(20)9-3-5-10(6-4-9)16-13(19)11(15)7-8-12(17)18/h3-6,11H,2,7-8,15H2,1H3,(H,16,19)(H,17,18). The van der Waals surface area contributed by atoms with Crippen molar-refractivity contribution in [2.45, 2.75) is 25.8 Å². The highest BCUT2D eigenvalue weighted by Gasteiger charge is 2.15. The Hall–Kier alpha value is -2.41. The van der Waals surface area contributed by atoms with E-state index >= 15 is 0 Å². The summed E-state index contributed by atoms with van der Waals surface area (Å²) in [5.41, 5.74) is 6.43. The van der Waals surface area contributed by atoms with Gasteiger partial charge in [0, 0.05) is 12.1 Å². The largest absolute Gasteiger partial charge is 0.481 e. The molecular formula is C14H18N2O5. The molecule has 4 N–H and O–H groups in total. The lowest BCUT2D eigenvalue weighted by molar-refractivity contribution is -0.137. The number of anilines is 1. The van der Waals surface area contributed by atoms with E-state index in [4.69, 9.17) is 15.6 Å². The molecule has 0 fully saturated rings. The number of ether oxygens (including phenoxy) is 1. The van der Waals surface area contributed by atoms with E-state index in [-0.39, 0.29) is 19.4 Å². The molecule has 0 spiro atoms. The first-order valence-electron chi connectivity index (χ1n) is 6.49. The summed E-state index contributed by atoms with van der Waals surface area (Å²) in [7, 11) is 0. The highest BCUT2D eigenvalue weighted by Crippen LogP contribution is 2.11. The average Bonchev–Trinajstić information content (AvgIpc) is 2.45. The smallest absolute Gasteiger partial charge is 0.338 e. The molecule has 114 valence electrons. The van der Waals surface area contributed by atoms with E-state index in [1.54, 1.807) is 19.1 Å². The van der Waals surface area contributed by atoms with Crippen LogP contribution in [0.3, 0.4) is 0 Å². The molecule has 21 heavy (non-hydrogen) atoms. The quantitative estimate of drug-likeness (QED) is 0.645. The van der Waals surface area contributed by atoms with Gasteiger partial charge in [-0.3, -0.25) is 9.59 Å². The van der Waals surface area contributed by atoms with Crippen molar-refractivity contribution in [1.29, 1.82) is 0 Å². The Morgan fingerprint density at radius 2 is 1.90 bits per heavy atom. The maximum atomic E-state index is 11.7. The lowest BCUT2D eigenvalue weighted by atomic mass is 10.1. The number of nitrogens with one attached hydrogen (secondary N) is 1. The van der Waals surface area contributed by atoms with Crippen LogP contribution in [0.1, 0.15) is 30.1 Å². The van der Waals surface area contributed by atoms with Crippen LogP contribution in [0.5, 0.6) is 0 Å². The van der Waals surface area contributed by atoms with Gasteiger partial charge >= 0.3 is 11.9 Å². The van der Waals surface area contributed by atoms with Crippen molar-refractivity contribution < 1.29 is 24.2 Å². The number of amides is 1. The molecule has 0 heterocycles. The van der Waals surface area contributed by atoms with E-state index in [0.717, 1.165) is 0 Å². The van der Waals surface area contributed by atoms with Gasteiger partial charge in [0.25, 0.3) is 0 Å². The van der Waals surface area contributed by atoms with Crippen molar-refractivity contribution in [3.63, 3.8) is 0 Å². The SMILES string of the molecule is CCOC(=O)c1ccc(NC(=O)C(N)CCC(=O)O)cc1. The Morgan fingerprint density at radius 3 is 2.43 bits per heavy atom. The molecule has 0 aliphatic heterocycles. The molecule has 1 atom stereocenters. The molecule has 7 heteroatoms. The second-order valence-electron chi connectivity index (χ2n) is 4.33. The number of carbonyl (C=O) groups excluding carboxylic acids is 2. The van der Waals surface area contributed by atoms with E-state index in [2.05, 4.69) is 5.32 Å². The Labute approximate surface area is 122 Å². The average molecular weight is 294 g/mol. The van der Waals surface area contributed by atoms with Crippen molar-refractivity contribution in [2.75, 3.05) is 11.9 Å². The summed E-state index contributed by atoms with van der Waals surface area (Å²) in [6.45, 7) is 2.00. The molecule has 0 aliphatic carbocycles. The molecule has 1 aromatic rings. The van der Waals surface area contributed by atoms with E-state index in [9.17, 15) is 14.4 Å². The number of hydrogen-bond acceptors (Lipinski definition) is 5. The van der Waals surface area contributed by atoms with Gasteiger partial charge in [0.1, 0.15) is 0 Å². The van der Waals surface area contributed by atoms with Gasteiger partial charge in [-0.15, -0.1) is 0 Å². The first kappa shape index (κ1) is 16.6. The number of benzene rings is 1. The van der Waals surface area contributed by atoms with Crippen LogP contribution < -0.4 is 11.1 Å². The van der Waals surface area contributed by atoms with Crippen LogP contribution in [0.2, 0.25) is 0 Å². The van der Waals surface area contributed by atoms with Crippen molar-refractivity contribution in [3.05, 3.63) is 29.8 Å². The zero-order valence-electron chi connectivity index (χ0n) is 11.7. The molecule has 0 aromatic heterocycles. The topological polar surface area (TPSA) is 119 Å². The molecule has 0 saturated carbocycles. The van der Waals surface area contributed by atoms with Crippen LogP contribution in [-0.4, -0.2) is 35.6 Å². The number of carboxylic acids is 1. The molecule has 0 radical (unpaired) electrons. The number of hydrogen-bond donors (Lipinski definition) is 3. The number of carboxylic acid groups (broad SMARTS) is 1. The summed E-state index contributed by atoms with van der Waals surface area (Å²) >= 11 is 0. The van der Waals surface area contributed by atoms with Gasteiger partial charge < -0.3 is 20.9 Å². The van der Waals surface area contributed by atoms with Gasteiger partial charge in [-0.2, -0.15) is 0 Å². The third-order valence-electron chi connectivity index (χ3n) is 2.67. The predicted octanol–water partition coefficient (Wildman–Crippen LogP) is 0.994. The number of aliphatic carboxylic acids is 1. The Bertz CT molecular complexity index is 513. The number of esters is 1. The molecule has 0 bridgehead atoms. The summed E-state index contributed by atoms with van der Waals surface area (Å²) < 4.78 is 4.84. The molecule has 1 rings (SSSR count). The van der Waals surface area contributed by atoms with E-state index in [1.165, 1.54) is 12.1 Å². The van der Waals surface area contributed by atoms with Crippen LogP contribution in [0, 0.1) is 0 Å². The van der Waals surface area contributed by atoms with Crippen LogP contribution in [0.4, 0.5) is 5.69 Å². The predicted molar refractivity (Wildman–Crippen MR) is 75.9 cm³/mol. The van der Waals surface area contributed by atoms with Gasteiger partial charge in [0.15, 0.2) is 0 Å². The summed E-state index contributed by atoms with van der Waals surface area (Å²) in [5, 5.41) is 11.1. The molecular weight excluding hydrogens is 276 g/mol. The zero-order chi connectivity index (χ0) is 15.8. The normalized spacial score (nSPS) is 11.5. The summed E-state index contributed by atoms with van der Waals surface area (Å²) in [6, 6.07) is 5.25. The van der Waals surface area contributed by atoms with Gasteiger partial charge in [0.05, 0.1) is 18.2 Å². The Balaban J connectivity index is 2.57. The van der Waals surface area contributed by atoms with Gasteiger partial charge in [0.2, 0.25) is 5.91 Å². The van der Waals surface area contributed by atoms with E-state index in [0.29, 0.717) is 11.3 Å². The first-order valence-corrected chi connectivity index (χ1v) is 6.49. The molecule has 0 saturated heterocycles. The van der Waals surface area contributed by atoms with Gasteiger partial charge in [-0.1, -0.05) is 0 Å². The van der Waals surface area contributed by atoms with Crippen molar-refractivity contribution in [3.8, 4) is 0 Å². The minimum Gasteiger partial charge on any atom is -0.481 e. The molecule has 1 amide bonds. The fourth-order valence-electron chi connectivity index (χ4n) is 1.55. The van der Waals surface area contributed by atoms with Crippen LogP contribution in [0.15, 0.2) is 24.3 Å². The van der Waals surface area contributed by atoms with Crippen LogP contribution >= 0.6 is 0 Å². The lowest BCUT2D eigenvalue weighted by Gasteiger charge is -2.11.